The molecule has 25 heavy (non-hydrogen) atoms. The SMILES string of the molecule is O=C1C[C@H](c2cccc(F)c2F)c2cnn(-c3ccc(F)cc3)c2N1. The van der Waals surface area contributed by atoms with Crippen molar-refractivity contribution in [2.45, 2.75) is 12.3 Å². The first-order chi connectivity index (χ1) is 12.0. The zero-order valence-electron chi connectivity index (χ0n) is 12.8. The van der Waals surface area contributed by atoms with Gasteiger partial charge in [0.15, 0.2) is 11.6 Å². The summed E-state index contributed by atoms with van der Waals surface area (Å²) in [6, 6.07) is 9.48. The highest BCUT2D eigenvalue weighted by Crippen LogP contribution is 2.39. The fourth-order valence-electron chi connectivity index (χ4n) is 3.06. The Balaban J connectivity index is 1.84. The van der Waals surface area contributed by atoms with Crippen LogP contribution < -0.4 is 5.32 Å². The monoisotopic (exact) mass is 343 g/mol. The summed E-state index contributed by atoms with van der Waals surface area (Å²) in [6.45, 7) is 0. The number of aromatic nitrogens is 2. The first-order valence-corrected chi connectivity index (χ1v) is 7.62. The quantitative estimate of drug-likeness (QED) is 0.770. The Kier molecular flexibility index (Phi) is 3.56. The summed E-state index contributed by atoms with van der Waals surface area (Å²) in [5, 5.41) is 6.93. The minimum Gasteiger partial charge on any atom is -0.310 e. The van der Waals surface area contributed by atoms with Gasteiger partial charge in [0, 0.05) is 17.9 Å². The van der Waals surface area contributed by atoms with Gasteiger partial charge in [0.1, 0.15) is 11.6 Å². The van der Waals surface area contributed by atoms with Crippen molar-refractivity contribution in [1.29, 1.82) is 0 Å². The van der Waals surface area contributed by atoms with Crippen molar-refractivity contribution in [1.82, 2.24) is 9.78 Å². The Hall–Kier alpha value is -3.09. The van der Waals surface area contributed by atoms with E-state index >= 15 is 0 Å². The van der Waals surface area contributed by atoms with Gasteiger partial charge < -0.3 is 5.32 Å². The molecule has 0 spiro atoms. The van der Waals surface area contributed by atoms with Gasteiger partial charge in [0.2, 0.25) is 5.91 Å². The molecule has 1 aromatic heterocycles. The zero-order valence-corrected chi connectivity index (χ0v) is 12.8. The van der Waals surface area contributed by atoms with Gasteiger partial charge in [-0.05, 0) is 35.9 Å². The molecule has 0 aliphatic carbocycles. The number of nitrogens with zero attached hydrogens (tertiary/aromatic N) is 2. The number of halogens is 3. The summed E-state index contributed by atoms with van der Waals surface area (Å²) in [7, 11) is 0. The van der Waals surface area contributed by atoms with Gasteiger partial charge in [0.05, 0.1) is 11.9 Å². The first-order valence-electron chi connectivity index (χ1n) is 7.62. The van der Waals surface area contributed by atoms with Crippen LogP contribution in [0.3, 0.4) is 0 Å². The number of hydrogen-bond donors (Lipinski definition) is 1. The van der Waals surface area contributed by atoms with Crippen molar-refractivity contribution < 1.29 is 18.0 Å². The molecule has 126 valence electrons. The van der Waals surface area contributed by atoms with Crippen LogP contribution in [-0.4, -0.2) is 15.7 Å². The van der Waals surface area contributed by atoms with Crippen LogP contribution in [0, 0.1) is 17.5 Å². The van der Waals surface area contributed by atoms with Crippen LogP contribution in [0.15, 0.2) is 48.7 Å². The van der Waals surface area contributed by atoms with Gasteiger partial charge in [-0.1, -0.05) is 12.1 Å². The van der Waals surface area contributed by atoms with Crippen molar-refractivity contribution in [3.8, 4) is 5.69 Å². The number of nitrogens with one attached hydrogen (secondary N) is 1. The number of benzene rings is 2. The van der Waals surface area contributed by atoms with E-state index in [1.165, 1.54) is 47.3 Å². The van der Waals surface area contributed by atoms with Crippen molar-refractivity contribution in [2.24, 2.45) is 0 Å². The third kappa shape index (κ3) is 2.57. The molecule has 0 fully saturated rings. The smallest absolute Gasteiger partial charge is 0.226 e. The summed E-state index contributed by atoms with van der Waals surface area (Å²) >= 11 is 0. The molecule has 1 amide bonds. The Morgan fingerprint density at radius 3 is 2.56 bits per heavy atom. The summed E-state index contributed by atoms with van der Waals surface area (Å²) in [5.74, 6) is -2.93. The molecule has 4 rings (SSSR count). The van der Waals surface area contributed by atoms with Crippen molar-refractivity contribution in [3.05, 3.63) is 77.2 Å². The predicted octanol–water partition coefficient (Wildman–Crippen LogP) is 3.76. The van der Waals surface area contributed by atoms with Gasteiger partial charge >= 0.3 is 0 Å². The topological polar surface area (TPSA) is 46.9 Å². The Labute approximate surface area is 140 Å². The minimum absolute atomic E-state index is 0.0114. The van der Waals surface area contributed by atoms with Gasteiger partial charge in [-0.25, -0.2) is 17.9 Å². The molecule has 2 heterocycles. The van der Waals surface area contributed by atoms with Crippen LogP contribution in [0.2, 0.25) is 0 Å². The molecule has 0 bridgehead atoms. The van der Waals surface area contributed by atoms with Gasteiger partial charge in [-0.15, -0.1) is 0 Å². The lowest BCUT2D eigenvalue weighted by Gasteiger charge is -2.24. The fourth-order valence-corrected chi connectivity index (χ4v) is 3.06. The van der Waals surface area contributed by atoms with E-state index in [0.29, 0.717) is 17.1 Å². The van der Waals surface area contributed by atoms with Gasteiger partial charge in [-0.2, -0.15) is 5.10 Å². The van der Waals surface area contributed by atoms with Crippen molar-refractivity contribution in [3.63, 3.8) is 0 Å². The Bertz CT molecular complexity index is 966. The molecule has 1 aliphatic heterocycles. The molecular formula is C18H12F3N3O. The molecule has 1 N–H and O–H groups in total. The van der Waals surface area contributed by atoms with E-state index in [2.05, 4.69) is 10.4 Å². The molecule has 7 heteroatoms. The van der Waals surface area contributed by atoms with Gasteiger partial charge in [-0.3, -0.25) is 4.79 Å². The predicted molar refractivity (Wildman–Crippen MR) is 85.0 cm³/mol. The second-order valence-electron chi connectivity index (χ2n) is 5.78. The Morgan fingerprint density at radius 1 is 1.04 bits per heavy atom. The molecule has 4 nitrogen and oxygen atoms in total. The van der Waals surface area contributed by atoms with E-state index in [9.17, 15) is 18.0 Å². The summed E-state index contributed by atoms with van der Waals surface area (Å²) in [4.78, 5) is 12.1. The lowest BCUT2D eigenvalue weighted by molar-refractivity contribution is -0.116. The number of carbonyl (C=O) groups excluding carboxylic acids is 1. The van der Waals surface area contributed by atoms with E-state index in [0.717, 1.165) is 6.07 Å². The number of rotatable bonds is 2. The lowest BCUT2D eigenvalue weighted by atomic mass is 9.87. The van der Waals surface area contributed by atoms with E-state index in [4.69, 9.17) is 0 Å². The number of amides is 1. The Morgan fingerprint density at radius 2 is 1.80 bits per heavy atom. The summed E-state index contributed by atoms with van der Waals surface area (Å²) in [5.41, 5.74) is 1.23. The van der Waals surface area contributed by atoms with Crippen LogP contribution in [0.4, 0.5) is 19.0 Å². The highest BCUT2D eigenvalue weighted by Gasteiger charge is 2.32. The zero-order chi connectivity index (χ0) is 17.6. The summed E-state index contributed by atoms with van der Waals surface area (Å²) in [6.07, 6.45) is 1.50. The second-order valence-corrected chi connectivity index (χ2v) is 5.78. The molecule has 0 saturated heterocycles. The van der Waals surface area contributed by atoms with Crippen LogP contribution >= 0.6 is 0 Å². The standard InChI is InChI=1S/C18H12F3N3O/c19-10-4-6-11(7-5-10)24-18-14(9-22-24)13(8-16(25)23-18)12-2-1-3-15(20)17(12)21/h1-7,9,13H,8H2,(H,23,25)/t13-/m1/s1. The van der Waals surface area contributed by atoms with E-state index in [1.54, 1.807) is 0 Å². The average molecular weight is 343 g/mol. The van der Waals surface area contributed by atoms with E-state index < -0.39 is 23.4 Å². The molecule has 3 aromatic rings. The maximum atomic E-state index is 14.2. The molecule has 0 saturated carbocycles. The summed E-state index contributed by atoms with van der Waals surface area (Å²) < 4.78 is 42.3. The van der Waals surface area contributed by atoms with Crippen LogP contribution in [0.25, 0.3) is 5.69 Å². The molecule has 2 aromatic carbocycles. The molecule has 1 aliphatic rings. The van der Waals surface area contributed by atoms with Gasteiger partial charge in [0.25, 0.3) is 0 Å². The number of fused-ring (bicyclic) bond motifs is 1. The minimum atomic E-state index is -0.970. The van der Waals surface area contributed by atoms with E-state index in [1.807, 2.05) is 0 Å². The molecular weight excluding hydrogens is 331 g/mol. The fraction of sp³-hybridized carbons (Fsp3) is 0.111. The maximum Gasteiger partial charge on any atom is 0.226 e. The van der Waals surface area contributed by atoms with Crippen molar-refractivity contribution >= 4 is 11.7 Å². The lowest BCUT2D eigenvalue weighted by Crippen LogP contribution is -2.25. The normalized spacial score (nSPS) is 16.4. The molecule has 0 unspecified atom stereocenters. The maximum absolute atomic E-state index is 14.2. The highest BCUT2D eigenvalue weighted by atomic mass is 19.2. The van der Waals surface area contributed by atoms with Crippen molar-refractivity contribution in [2.75, 3.05) is 5.32 Å². The van der Waals surface area contributed by atoms with E-state index in [-0.39, 0.29) is 17.9 Å². The second kappa shape index (κ2) is 5.77. The highest BCUT2D eigenvalue weighted by molar-refractivity contribution is 5.94. The number of hydrogen-bond acceptors (Lipinski definition) is 2. The third-order valence-corrected chi connectivity index (χ3v) is 4.25. The number of carbonyl (C=O) groups is 1. The first kappa shape index (κ1) is 15.4. The van der Waals surface area contributed by atoms with Crippen LogP contribution in [0.1, 0.15) is 23.5 Å². The largest absolute Gasteiger partial charge is 0.310 e. The third-order valence-electron chi connectivity index (χ3n) is 4.25. The number of anilines is 1. The average Bonchev–Trinajstić information content (AvgIpc) is 3.01. The molecule has 1 atom stereocenters. The molecule has 0 radical (unpaired) electrons. The van der Waals surface area contributed by atoms with Crippen LogP contribution in [0.5, 0.6) is 0 Å². The van der Waals surface area contributed by atoms with Crippen LogP contribution in [-0.2, 0) is 4.79 Å².